The molecule has 0 spiro atoms. The maximum atomic E-state index is 13.7. The molecule has 13 heteroatoms. The van der Waals surface area contributed by atoms with Gasteiger partial charge in [0.1, 0.15) is 5.82 Å². The molecule has 1 amide bonds. The largest absolute Gasteiger partial charge is 0.449 e. The van der Waals surface area contributed by atoms with Gasteiger partial charge in [0.15, 0.2) is 0 Å². The third-order valence-corrected chi connectivity index (χ3v) is 8.21. The first-order valence-electron chi connectivity index (χ1n) is 12.7. The summed E-state index contributed by atoms with van der Waals surface area (Å²) in [5.74, 6) is 0.124. The molecule has 5 rings (SSSR count). The highest BCUT2D eigenvalue weighted by atomic mass is 32.2. The van der Waals surface area contributed by atoms with Gasteiger partial charge in [0.25, 0.3) is 0 Å². The van der Waals surface area contributed by atoms with Gasteiger partial charge in [-0.15, -0.1) is 0 Å². The second-order valence-corrected chi connectivity index (χ2v) is 12.2. The van der Waals surface area contributed by atoms with Crippen LogP contribution in [0.25, 0.3) is 0 Å². The van der Waals surface area contributed by atoms with Crippen LogP contribution in [0.15, 0.2) is 12.1 Å². The number of fused-ring (bicyclic) bond motifs is 8. The summed E-state index contributed by atoms with van der Waals surface area (Å²) in [4.78, 5) is 20.8. The fourth-order valence-corrected chi connectivity index (χ4v) is 6.39. The zero-order chi connectivity index (χ0) is 27.0. The van der Waals surface area contributed by atoms with E-state index >= 15 is 0 Å². The lowest BCUT2D eigenvalue weighted by Gasteiger charge is -2.33. The van der Waals surface area contributed by atoms with Gasteiger partial charge in [-0.1, -0.05) is 0 Å². The molecule has 1 aromatic heterocycles. The number of rotatable bonds is 2. The van der Waals surface area contributed by atoms with E-state index in [0.29, 0.717) is 50.8 Å². The lowest BCUT2D eigenvalue weighted by Crippen LogP contribution is -2.50. The Balaban J connectivity index is 1.59. The van der Waals surface area contributed by atoms with Crippen LogP contribution in [-0.4, -0.2) is 81.7 Å². The fraction of sp³-hybridized carbons (Fsp3) is 0.750. The molecule has 2 fully saturated rings. The van der Waals surface area contributed by atoms with E-state index in [9.17, 15) is 26.4 Å². The molecule has 4 aliphatic rings. The van der Waals surface area contributed by atoms with E-state index in [1.54, 1.807) is 16.8 Å². The number of amides is 1. The Kier molecular flexibility index (Phi) is 8.25. The van der Waals surface area contributed by atoms with Crippen molar-refractivity contribution in [1.82, 2.24) is 14.6 Å². The minimum absolute atomic E-state index is 0.0568. The number of halogens is 3. The predicted octanol–water partition coefficient (Wildman–Crippen LogP) is 3.50. The summed E-state index contributed by atoms with van der Waals surface area (Å²) in [5, 5.41) is 0. The number of hydrogen-bond donors (Lipinski definition) is 1. The number of alkyl halides is 3. The highest BCUT2D eigenvalue weighted by Crippen LogP contribution is 2.38. The average Bonchev–Trinajstić information content (AvgIpc) is 3.12. The maximum Gasteiger partial charge on any atom is 0.416 e. The highest BCUT2D eigenvalue weighted by molar-refractivity contribution is 7.88. The molecule has 4 heterocycles. The number of nitrogens with zero attached hydrogens (tertiary/aromatic N) is 3. The minimum Gasteiger partial charge on any atom is -0.449 e. The molecule has 1 unspecified atom stereocenters. The molecule has 9 nitrogen and oxygen atoms in total. The van der Waals surface area contributed by atoms with Crippen molar-refractivity contribution in [3.05, 3.63) is 23.4 Å². The molecule has 0 radical (unpaired) electrons. The topological polar surface area (TPSA) is 101 Å². The van der Waals surface area contributed by atoms with Crippen LogP contribution in [0.2, 0.25) is 0 Å². The fourth-order valence-electron chi connectivity index (χ4n) is 5.59. The maximum absolute atomic E-state index is 13.7. The van der Waals surface area contributed by atoms with Gasteiger partial charge >= 0.3 is 12.3 Å². The van der Waals surface area contributed by atoms with Gasteiger partial charge in [0.2, 0.25) is 10.0 Å². The van der Waals surface area contributed by atoms with Crippen LogP contribution in [0.3, 0.4) is 0 Å². The highest BCUT2D eigenvalue weighted by Gasteiger charge is 2.44. The molecule has 1 aliphatic carbocycles. The lowest BCUT2D eigenvalue weighted by atomic mass is 9.84. The van der Waals surface area contributed by atoms with Crippen molar-refractivity contribution in [3.63, 3.8) is 0 Å². The van der Waals surface area contributed by atoms with Gasteiger partial charge in [-0.2, -0.15) is 13.2 Å². The van der Waals surface area contributed by atoms with E-state index in [4.69, 9.17) is 9.47 Å². The van der Waals surface area contributed by atoms with Crippen molar-refractivity contribution in [1.29, 1.82) is 0 Å². The Hall–Kier alpha value is -2.12. The SMILES string of the molecule is C[C@@H]1C[C@H](NS(C)(=O)=O)C2COC3CCC(CC3)c3cc(C(F)(F)F)cc(n3)N(C)CCCOC(=O)N21. The first-order chi connectivity index (χ1) is 17.3. The Morgan fingerprint density at radius 1 is 1.16 bits per heavy atom. The summed E-state index contributed by atoms with van der Waals surface area (Å²) in [6.07, 6.45) is -0.774. The Morgan fingerprint density at radius 2 is 1.86 bits per heavy atom. The number of anilines is 1. The van der Waals surface area contributed by atoms with Crippen molar-refractivity contribution in [3.8, 4) is 0 Å². The third-order valence-electron chi connectivity index (χ3n) is 7.48. The lowest BCUT2D eigenvalue weighted by molar-refractivity contribution is -0.137. The number of ether oxygens (including phenoxy) is 2. The first kappa shape index (κ1) is 27.9. The van der Waals surface area contributed by atoms with Gasteiger partial charge in [-0.3, -0.25) is 4.90 Å². The normalized spacial score (nSPS) is 30.1. The number of pyridine rings is 1. The van der Waals surface area contributed by atoms with Crippen molar-refractivity contribution >= 4 is 21.9 Å². The van der Waals surface area contributed by atoms with Crippen molar-refractivity contribution in [2.75, 3.05) is 38.0 Å². The Labute approximate surface area is 215 Å². The summed E-state index contributed by atoms with van der Waals surface area (Å²) < 4.78 is 79.2. The van der Waals surface area contributed by atoms with Crippen LogP contribution in [0.1, 0.15) is 62.6 Å². The Morgan fingerprint density at radius 3 is 2.51 bits per heavy atom. The predicted molar refractivity (Wildman–Crippen MR) is 131 cm³/mol. The van der Waals surface area contributed by atoms with Gasteiger partial charge in [0.05, 0.1) is 37.2 Å². The zero-order valence-corrected chi connectivity index (χ0v) is 22.1. The van der Waals surface area contributed by atoms with Crippen molar-refractivity contribution in [2.45, 2.75) is 81.8 Å². The van der Waals surface area contributed by atoms with Gasteiger partial charge in [0, 0.05) is 37.3 Å². The van der Waals surface area contributed by atoms with E-state index in [1.165, 1.54) is 0 Å². The molecule has 1 saturated carbocycles. The van der Waals surface area contributed by atoms with E-state index < -0.39 is 39.9 Å². The molecule has 4 bridgehead atoms. The summed E-state index contributed by atoms with van der Waals surface area (Å²) in [5.41, 5.74) is -0.292. The van der Waals surface area contributed by atoms with Crippen molar-refractivity contribution in [2.24, 2.45) is 0 Å². The average molecular weight is 549 g/mol. The van der Waals surface area contributed by atoms with Gasteiger partial charge in [-0.05, 0) is 57.6 Å². The number of sulfonamides is 1. The molecule has 0 aromatic carbocycles. The smallest absolute Gasteiger partial charge is 0.416 e. The molecular weight excluding hydrogens is 513 g/mol. The molecule has 37 heavy (non-hydrogen) atoms. The molecule has 1 N–H and O–H groups in total. The van der Waals surface area contributed by atoms with Crippen LogP contribution in [-0.2, 0) is 25.7 Å². The quantitative estimate of drug-likeness (QED) is 0.604. The number of aromatic nitrogens is 1. The summed E-state index contributed by atoms with van der Waals surface area (Å²) in [6.45, 7) is 2.38. The summed E-state index contributed by atoms with van der Waals surface area (Å²) in [6, 6.07) is 0.919. The second kappa shape index (κ2) is 10.9. The summed E-state index contributed by atoms with van der Waals surface area (Å²) >= 11 is 0. The summed E-state index contributed by atoms with van der Waals surface area (Å²) in [7, 11) is -1.83. The molecular formula is C24H35F3N4O5S. The standard InChI is InChI=1S/C24H35F3N4O5S/c1-15-11-20(29-37(3,33)34)21-14-36-18-7-5-16(6-8-18)19-12-17(24(25,26)27)13-22(28-19)30(2)9-4-10-35-23(32)31(15)21/h12-13,15-16,18,20-21,29H,4-11,14H2,1-3H3/t15-,16?,18?,20+,21?/m1/s1. The van der Waals surface area contributed by atoms with E-state index in [1.807, 2.05) is 6.92 Å². The van der Waals surface area contributed by atoms with Crippen LogP contribution >= 0.6 is 0 Å². The van der Waals surface area contributed by atoms with Crippen LogP contribution in [0.4, 0.5) is 23.8 Å². The number of carbonyl (C=O) groups excluding carboxylic acids is 1. The van der Waals surface area contributed by atoms with E-state index in [2.05, 4.69) is 9.71 Å². The second-order valence-electron chi connectivity index (χ2n) is 10.4. The number of nitrogens with one attached hydrogen (secondary N) is 1. The molecule has 3 aliphatic heterocycles. The van der Waals surface area contributed by atoms with E-state index in [-0.39, 0.29) is 37.1 Å². The van der Waals surface area contributed by atoms with Crippen molar-refractivity contribution < 1.29 is 35.9 Å². The van der Waals surface area contributed by atoms with Gasteiger partial charge in [-0.25, -0.2) is 22.9 Å². The molecule has 208 valence electrons. The Bertz CT molecular complexity index is 1080. The monoisotopic (exact) mass is 548 g/mol. The van der Waals surface area contributed by atoms with Crippen LogP contribution in [0, 0.1) is 0 Å². The van der Waals surface area contributed by atoms with Crippen LogP contribution < -0.4 is 9.62 Å². The molecule has 1 aromatic rings. The van der Waals surface area contributed by atoms with E-state index in [0.717, 1.165) is 18.4 Å². The number of carbonyl (C=O) groups is 1. The van der Waals surface area contributed by atoms with Crippen LogP contribution in [0.5, 0.6) is 0 Å². The molecule has 1 saturated heterocycles. The van der Waals surface area contributed by atoms with Gasteiger partial charge < -0.3 is 14.4 Å². The molecule has 3 atom stereocenters. The third kappa shape index (κ3) is 6.85. The zero-order valence-electron chi connectivity index (χ0n) is 21.3. The first-order valence-corrected chi connectivity index (χ1v) is 14.6. The minimum atomic E-state index is -4.48. The number of hydrogen-bond acceptors (Lipinski definition) is 7.